The van der Waals surface area contributed by atoms with E-state index < -0.39 is 29.8 Å². The van der Waals surface area contributed by atoms with Crippen LogP contribution < -0.4 is 5.32 Å². The van der Waals surface area contributed by atoms with Crippen LogP contribution >= 0.6 is 0 Å². The van der Waals surface area contributed by atoms with Crippen molar-refractivity contribution >= 4 is 17.8 Å². The van der Waals surface area contributed by atoms with E-state index in [1.807, 2.05) is 42.5 Å². The second kappa shape index (κ2) is 9.52. The summed E-state index contributed by atoms with van der Waals surface area (Å²) in [5.74, 6) is -2.03. The maximum absolute atomic E-state index is 12.5. The number of benzene rings is 2. The van der Waals surface area contributed by atoms with Gasteiger partial charge in [0.05, 0.1) is 20.1 Å². The Labute approximate surface area is 158 Å². The number of amides is 1. The number of esters is 2. The van der Waals surface area contributed by atoms with E-state index in [0.29, 0.717) is 5.56 Å². The highest BCUT2D eigenvalue weighted by molar-refractivity contribution is 5.97. The summed E-state index contributed by atoms with van der Waals surface area (Å²) in [6, 6.07) is 15.9. The molecule has 2 aromatic rings. The first-order valence-corrected chi connectivity index (χ1v) is 8.58. The first-order chi connectivity index (χ1) is 13.0. The summed E-state index contributed by atoms with van der Waals surface area (Å²) in [7, 11) is 2.51. The van der Waals surface area contributed by atoms with Gasteiger partial charge in [-0.15, -0.1) is 0 Å². The van der Waals surface area contributed by atoms with E-state index >= 15 is 0 Å². The van der Waals surface area contributed by atoms with Crippen LogP contribution in [-0.2, 0) is 19.1 Å². The predicted molar refractivity (Wildman–Crippen MR) is 101 cm³/mol. The van der Waals surface area contributed by atoms with Crippen molar-refractivity contribution in [3.63, 3.8) is 0 Å². The van der Waals surface area contributed by atoms with Crippen molar-refractivity contribution in [2.45, 2.75) is 19.4 Å². The van der Waals surface area contributed by atoms with Gasteiger partial charge >= 0.3 is 11.9 Å². The smallest absolute Gasteiger partial charge is 0.328 e. The van der Waals surface area contributed by atoms with Crippen LogP contribution in [-0.4, -0.2) is 38.1 Å². The topological polar surface area (TPSA) is 81.7 Å². The Hall–Kier alpha value is -3.15. The molecule has 142 valence electrons. The van der Waals surface area contributed by atoms with Gasteiger partial charge in [-0.1, -0.05) is 49.4 Å². The summed E-state index contributed by atoms with van der Waals surface area (Å²) in [5, 5.41) is 2.63. The summed E-state index contributed by atoms with van der Waals surface area (Å²) in [6.45, 7) is 1.63. The Bertz CT molecular complexity index is 786. The molecule has 1 amide bonds. The van der Waals surface area contributed by atoms with Crippen LogP contribution in [0.2, 0.25) is 0 Å². The van der Waals surface area contributed by atoms with Crippen molar-refractivity contribution in [3.05, 3.63) is 60.2 Å². The SMILES string of the molecule is COC(=O)[C@H](C[C@H](C)C(=O)OC)NC(=O)c1ccc(-c2ccccc2)cc1. The molecule has 27 heavy (non-hydrogen) atoms. The lowest BCUT2D eigenvalue weighted by Gasteiger charge is -2.19. The number of hydrogen-bond donors (Lipinski definition) is 1. The van der Waals surface area contributed by atoms with Crippen LogP contribution in [0, 0.1) is 5.92 Å². The molecule has 0 unspecified atom stereocenters. The number of hydrogen-bond acceptors (Lipinski definition) is 5. The monoisotopic (exact) mass is 369 g/mol. The molecule has 0 aliphatic carbocycles. The lowest BCUT2D eigenvalue weighted by atomic mass is 10.0. The van der Waals surface area contributed by atoms with Crippen molar-refractivity contribution in [2.24, 2.45) is 5.92 Å². The highest BCUT2D eigenvalue weighted by Gasteiger charge is 2.27. The summed E-state index contributed by atoms with van der Waals surface area (Å²) >= 11 is 0. The van der Waals surface area contributed by atoms with Crippen LogP contribution in [0.1, 0.15) is 23.7 Å². The molecule has 2 rings (SSSR count). The van der Waals surface area contributed by atoms with Crippen molar-refractivity contribution in [1.82, 2.24) is 5.32 Å². The van der Waals surface area contributed by atoms with E-state index in [-0.39, 0.29) is 6.42 Å². The highest BCUT2D eigenvalue weighted by atomic mass is 16.5. The van der Waals surface area contributed by atoms with Crippen LogP contribution in [0.5, 0.6) is 0 Å². The lowest BCUT2D eigenvalue weighted by Crippen LogP contribution is -2.43. The average Bonchev–Trinajstić information content (AvgIpc) is 2.72. The van der Waals surface area contributed by atoms with Gasteiger partial charge in [0.25, 0.3) is 5.91 Å². The van der Waals surface area contributed by atoms with E-state index in [1.165, 1.54) is 14.2 Å². The van der Waals surface area contributed by atoms with E-state index in [1.54, 1.807) is 19.1 Å². The third-order valence-corrected chi connectivity index (χ3v) is 4.24. The summed E-state index contributed by atoms with van der Waals surface area (Å²) in [6.07, 6.45) is 0.0905. The van der Waals surface area contributed by atoms with Crippen molar-refractivity contribution in [1.29, 1.82) is 0 Å². The first-order valence-electron chi connectivity index (χ1n) is 8.58. The minimum atomic E-state index is -0.939. The summed E-state index contributed by atoms with van der Waals surface area (Å²) < 4.78 is 9.40. The van der Waals surface area contributed by atoms with Gasteiger partial charge < -0.3 is 14.8 Å². The van der Waals surface area contributed by atoms with Crippen molar-refractivity contribution in [2.75, 3.05) is 14.2 Å². The molecule has 0 radical (unpaired) electrons. The number of ether oxygens (including phenoxy) is 2. The zero-order chi connectivity index (χ0) is 19.8. The minimum Gasteiger partial charge on any atom is -0.469 e. The minimum absolute atomic E-state index is 0.0905. The molecular formula is C21H23NO5. The Morgan fingerprint density at radius 1 is 0.852 bits per heavy atom. The number of nitrogens with one attached hydrogen (secondary N) is 1. The molecule has 0 bridgehead atoms. The molecule has 2 aromatic carbocycles. The van der Waals surface area contributed by atoms with Gasteiger partial charge in [-0.05, 0) is 29.7 Å². The molecule has 0 aliphatic rings. The summed E-state index contributed by atoms with van der Waals surface area (Å²) in [5.41, 5.74) is 2.44. The molecule has 6 nitrogen and oxygen atoms in total. The fourth-order valence-corrected chi connectivity index (χ4v) is 2.69. The van der Waals surface area contributed by atoms with Crippen LogP contribution in [0.25, 0.3) is 11.1 Å². The number of carbonyl (C=O) groups is 3. The van der Waals surface area contributed by atoms with Crippen molar-refractivity contribution in [3.8, 4) is 11.1 Å². The van der Waals surface area contributed by atoms with E-state index in [4.69, 9.17) is 4.74 Å². The Morgan fingerprint density at radius 2 is 1.41 bits per heavy atom. The van der Waals surface area contributed by atoms with Gasteiger partial charge in [0.1, 0.15) is 6.04 Å². The van der Waals surface area contributed by atoms with E-state index in [9.17, 15) is 14.4 Å². The van der Waals surface area contributed by atoms with Gasteiger partial charge in [-0.2, -0.15) is 0 Å². The molecule has 0 aromatic heterocycles. The summed E-state index contributed by atoms with van der Waals surface area (Å²) in [4.78, 5) is 36.1. The number of methoxy groups -OCH3 is 2. The highest BCUT2D eigenvalue weighted by Crippen LogP contribution is 2.19. The maximum Gasteiger partial charge on any atom is 0.328 e. The molecule has 0 saturated heterocycles. The molecular weight excluding hydrogens is 346 g/mol. The van der Waals surface area contributed by atoms with Gasteiger partial charge in [-0.3, -0.25) is 9.59 Å². The molecule has 0 saturated carbocycles. The van der Waals surface area contributed by atoms with E-state index in [0.717, 1.165) is 11.1 Å². The van der Waals surface area contributed by atoms with Crippen LogP contribution in [0.15, 0.2) is 54.6 Å². The van der Waals surface area contributed by atoms with Gasteiger partial charge in [0.2, 0.25) is 0 Å². The lowest BCUT2D eigenvalue weighted by molar-refractivity contribution is -0.147. The maximum atomic E-state index is 12.5. The fourth-order valence-electron chi connectivity index (χ4n) is 2.69. The first kappa shape index (κ1) is 20.2. The Balaban J connectivity index is 2.10. The second-order valence-electron chi connectivity index (χ2n) is 6.15. The van der Waals surface area contributed by atoms with E-state index in [2.05, 4.69) is 10.1 Å². The second-order valence-corrected chi connectivity index (χ2v) is 6.15. The standard InChI is InChI=1S/C21H23NO5/c1-14(20(24)26-2)13-18(21(25)27-3)22-19(23)17-11-9-16(10-12-17)15-7-5-4-6-8-15/h4-12,14,18H,13H2,1-3H3,(H,22,23)/t14-,18-/m0/s1. The quantitative estimate of drug-likeness (QED) is 0.759. The molecule has 0 fully saturated rings. The zero-order valence-electron chi connectivity index (χ0n) is 15.6. The average molecular weight is 369 g/mol. The van der Waals surface area contributed by atoms with Crippen molar-refractivity contribution < 1.29 is 23.9 Å². The molecule has 6 heteroatoms. The largest absolute Gasteiger partial charge is 0.469 e. The third-order valence-electron chi connectivity index (χ3n) is 4.24. The van der Waals surface area contributed by atoms with Gasteiger partial charge in [0.15, 0.2) is 0 Å². The molecule has 0 heterocycles. The molecule has 0 spiro atoms. The number of carbonyl (C=O) groups excluding carboxylic acids is 3. The predicted octanol–water partition coefficient (Wildman–Crippen LogP) is 2.82. The van der Waals surface area contributed by atoms with Gasteiger partial charge in [0, 0.05) is 5.56 Å². The number of rotatable bonds is 7. The van der Waals surface area contributed by atoms with Crippen LogP contribution in [0.3, 0.4) is 0 Å². The molecule has 0 aliphatic heterocycles. The van der Waals surface area contributed by atoms with Gasteiger partial charge in [-0.25, -0.2) is 4.79 Å². The Kier molecular flexibility index (Phi) is 7.11. The Morgan fingerprint density at radius 3 is 1.96 bits per heavy atom. The molecule has 1 N–H and O–H groups in total. The fraction of sp³-hybridized carbons (Fsp3) is 0.286. The normalized spacial score (nSPS) is 12.6. The third kappa shape index (κ3) is 5.41. The molecule has 2 atom stereocenters. The van der Waals surface area contributed by atoms with Crippen LogP contribution in [0.4, 0.5) is 0 Å². The zero-order valence-corrected chi connectivity index (χ0v) is 15.6.